The number of benzene rings is 2. The predicted octanol–water partition coefficient (Wildman–Crippen LogP) is 4.66. The number of anilines is 1. The zero-order valence-electron chi connectivity index (χ0n) is 13.8. The van der Waals surface area contributed by atoms with Crippen LogP contribution in [-0.2, 0) is 11.0 Å². The van der Waals surface area contributed by atoms with Gasteiger partial charge in [-0.3, -0.25) is 9.59 Å². The molecule has 0 bridgehead atoms. The normalized spacial score (nSPS) is 16.3. The lowest BCUT2D eigenvalue weighted by molar-refractivity contribution is -0.137. The van der Waals surface area contributed by atoms with Crippen LogP contribution in [-0.4, -0.2) is 23.4 Å². The summed E-state index contributed by atoms with van der Waals surface area (Å²) in [5.74, 6) is -0.635. The van der Waals surface area contributed by atoms with Crippen molar-refractivity contribution in [2.75, 3.05) is 12.0 Å². The molecule has 5 nitrogen and oxygen atoms in total. The molecule has 9 heteroatoms. The van der Waals surface area contributed by atoms with Gasteiger partial charge in [-0.15, -0.1) is 0 Å². The Morgan fingerprint density at radius 3 is 2.56 bits per heavy atom. The van der Waals surface area contributed by atoms with Gasteiger partial charge in [-0.2, -0.15) is 13.2 Å². The number of alkyl halides is 3. The van der Waals surface area contributed by atoms with E-state index in [2.05, 4.69) is 0 Å². The highest BCUT2D eigenvalue weighted by atomic mass is 32.2. The van der Waals surface area contributed by atoms with Crippen molar-refractivity contribution in [3.63, 3.8) is 0 Å². The Bertz CT molecular complexity index is 956. The van der Waals surface area contributed by atoms with Crippen LogP contribution in [0.15, 0.2) is 47.4 Å². The fourth-order valence-electron chi connectivity index (χ4n) is 2.45. The molecule has 27 heavy (non-hydrogen) atoms. The molecular weight excluding hydrogens is 383 g/mol. The molecular formula is C18H12F3NO4S. The Morgan fingerprint density at radius 2 is 1.89 bits per heavy atom. The van der Waals surface area contributed by atoms with Crippen LogP contribution in [0.2, 0.25) is 0 Å². The van der Waals surface area contributed by atoms with Crippen LogP contribution in [0.1, 0.15) is 11.1 Å². The highest BCUT2D eigenvalue weighted by Gasteiger charge is 2.38. The van der Waals surface area contributed by atoms with E-state index >= 15 is 0 Å². The van der Waals surface area contributed by atoms with Crippen molar-refractivity contribution in [3.8, 4) is 11.5 Å². The van der Waals surface area contributed by atoms with Crippen molar-refractivity contribution < 1.29 is 32.6 Å². The number of methoxy groups -OCH3 is 1. The molecule has 2 amide bonds. The minimum Gasteiger partial charge on any atom is -0.504 e. The highest BCUT2D eigenvalue weighted by molar-refractivity contribution is 8.19. The number of nitrogens with zero attached hydrogens (tertiary/aromatic N) is 1. The lowest BCUT2D eigenvalue weighted by atomic mass is 10.1. The van der Waals surface area contributed by atoms with Gasteiger partial charge in [0, 0.05) is 0 Å². The second kappa shape index (κ2) is 6.99. The number of ether oxygens (including phenoxy) is 1. The Kier molecular flexibility index (Phi) is 4.88. The number of hydrogen-bond donors (Lipinski definition) is 1. The van der Waals surface area contributed by atoms with Crippen molar-refractivity contribution in [1.82, 2.24) is 0 Å². The Morgan fingerprint density at radius 1 is 1.15 bits per heavy atom. The van der Waals surface area contributed by atoms with E-state index in [1.807, 2.05) is 0 Å². The van der Waals surface area contributed by atoms with Gasteiger partial charge in [0.1, 0.15) is 0 Å². The molecule has 0 unspecified atom stereocenters. The minimum atomic E-state index is -4.59. The molecule has 1 aliphatic heterocycles. The maximum absolute atomic E-state index is 12.9. The van der Waals surface area contributed by atoms with E-state index in [1.165, 1.54) is 37.5 Å². The summed E-state index contributed by atoms with van der Waals surface area (Å²) in [6.45, 7) is 0. The smallest absolute Gasteiger partial charge is 0.416 e. The van der Waals surface area contributed by atoms with Crippen LogP contribution in [0, 0.1) is 0 Å². The Balaban J connectivity index is 1.94. The van der Waals surface area contributed by atoms with Crippen LogP contribution in [0.4, 0.5) is 23.7 Å². The monoisotopic (exact) mass is 395 g/mol. The van der Waals surface area contributed by atoms with Gasteiger partial charge in [-0.25, -0.2) is 4.90 Å². The summed E-state index contributed by atoms with van der Waals surface area (Å²) in [6, 6.07) is 8.35. The molecule has 1 saturated heterocycles. The lowest BCUT2D eigenvalue weighted by Gasteiger charge is -2.14. The predicted molar refractivity (Wildman–Crippen MR) is 94.6 cm³/mol. The second-order valence-electron chi connectivity index (χ2n) is 5.50. The topological polar surface area (TPSA) is 66.8 Å². The van der Waals surface area contributed by atoms with Gasteiger partial charge in [-0.05, 0) is 53.7 Å². The third-order valence-electron chi connectivity index (χ3n) is 3.73. The molecule has 0 aliphatic carbocycles. The van der Waals surface area contributed by atoms with Crippen LogP contribution >= 0.6 is 11.8 Å². The number of phenolic OH excluding ortho intramolecular Hbond substituents is 1. The van der Waals surface area contributed by atoms with E-state index in [-0.39, 0.29) is 22.1 Å². The second-order valence-corrected chi connectivity index (χ2v) is 6.49. The van der Waals surface area contributed by atoms with E-state index in [9.17, 15) is 27.9 Å². The largest absolute Gasteiger partial charge is 0.504 e. The standard InChI is InChI=1S/C18H12F3NO4S/c1-26-14-7-10(5-6-13(14)23)8-15-16(24)22(17(25)27-15)12-4-2-3-11(9-12)18(19,20)21/h2-9,23H,1H3/b15-8-. The molecule has 0 spiro atoms. The number of halogens is 3. The van der Waals surface area contributed by atoms with Crippen molar-refractivity contribution in [2.24, 2.45) is 0 Å². The van der Waals surface area contributed by atoms with Crippen molar-refractivity contribution in [2.45, 2.75) is 6.18 Å². The van der Waals surface area contributed by atoms with Crippen LogP contribution in [0.3, 0.4) is 0 Å². The molecule has 1 N–H and O–H groups in total. The molecule has 2 aromatic rings. The maximum Gasteiger partial charge on any atom is 0.416 e. The van der Waals surface area contributed by atoms with Gasteiger partial charge in [0.2, 0.25) is 0 Å². The highest BCUT2D eigenvalue weighted by Crippen LogP contribution is 2.38. The molecule has 2 aromatic carbocycles. The average Bonchev–Trinajstić information content (AvgIpc) is 2.89. The number of carbonyl (C=O) groups excluding carboxylic acids is 2. The first-order chi connectivity index (χ1) is 12.7. The lowest BCUT2D eigenvalue weighted by Crippen LogP contribution is -2.28. The molecule has 0 aromatic heterocycles. The third kappa shape index (κ3) is 3.77. The number of amides is 2. The van der Waals surface area contributed by atoms with Crippen LogP contribution < -0.4 is 9.64 Å². The first-order valence-electron chi connectivity index (χ1n) is 7.53. The van der Waals surface area contributed by atoms with Gasteiger partial charge in [-0.1, -0.05) is 12.1 Å². The van der Waals surface area contributed by atoms with E-state index in [4.69, 9.17) is 4.74 Å². The van der Waals surface area contributed by atoms with Crippen LogP contribution in [0.25, 0.3) is 6.08 Å². The zero-order valence-corrected chi connectivity index (χ0v) is 14.6. The quantitative estimate of drug-likeness (QED) is 0.766. The zero-order chi connectivity index (χ0) is 19.8. The molecule has 0 radical (unpaired) electrons. The molecule has 1 heterocycles. The summed E-state index contributed by atoms with van der Waals surface area (Å²) in [6.07, 6.45) is -3.18. The van der Waals surface area contributed by atoms with E-state index in [0.29, 0.717) is 22.2 Å². The van der Waals surface area contributed by atoms with Gasteiger partial charge < -0.3 is 9.84 Å². The first-order valence-corrected chi connectivity index (χ1v) is 8.34. The van der Waals surface area contributed by atoms with E-state index < -0.39 is 22.9 Å². The number of aromatic hydroxyl groups is 1. The number of imide groups is 1. The van der Waals surface area contributed by atoms with Crippen molar-refractivity contribution in [1.29, 1.82) is 0 Å². The Hall–Kier alpha value is -2.94. The molecule has 140 valence electrons. The van der Waals surface area contributed by atoms with E-state index in [0.717, 1.165) is 18.2 Å². The summed E-state index contributed by atoms with van der Waals surface area (Å²) in [7, 11) is 1.36. The molecule has 0 atom stereocenters. The number of hydrogen-bond acceptors (Lipinski definition) is 5. The fourth-order valence-corrected chi connectivity index (χ4v) is 3.29. The van der Waals surface area contributed by atoms with Gasteiger partial charge in [0.05, 0.1) is 23.3 Å². The number of carbonyl (C=O) groups is 2. The summed E-state index contributed by atoms with van der Waals surface area (Å²) >= 11 is 0.616. The molecule has 0 saturated carbocycles. The third-order valence-corrected chi connectivity index (χ3v) is 4.60. The van der Waals surface area contributed by atoms with Gasteiger partial charge >= 0.3 is 6.18 Å². The Labute approximate surface area is 156 Å². The van der Waals surface area contributed by atoms with E-state index in [1.54, 1.807) is 0 Å². The molecule has 3 rings (SSSR count). The molecule has 1 aliphatic rings. The van der Waals surface area contributed by atoms with Gasteiger partial charge in [0.25, 0.3) is 11.1 Å². The summed E-state index contributed by atoms with van der Waals surface area (Å²) in [4.78, 5) is 25.5. The maximum atomic E-state index is 12.9. The molecule has 1 fully saturated rings. The van der Waals surface area contributed by atoms with Gasteiger partial charge in [0.15, 0.2) is 11.5 Å². The van der Waals surface area contributed by atoms with Crippen molar-refractivity contribution in [3.05, 3.63) is 58.5 Å². The number of thioether (sulfide) groups is 1. The fraction of sp³-hybridized carbons (Fsp3) is 0.111. The minimum absolute atomic E-state index is 0.0464. The summed E-state index contributed by atoms with van der Waals surface area (Å²) in [5.41, 5.74) is -0.621. The SMILES string of the molecule is COc1cc(/C=C2\SC(=O)N(c3cccc(C(F)(F)F)c3)C2=O)ccc1O. The average molecular weight is 395 g/mol. The number of phenols is 1. The number of rotatable bonds is 3. The first kappa shape index (κ1) is 18.8. The van der Waals surface area contributed by atoms with Crippen LogP contribution in [0.5, 0.6) is 11.5 Å². The summed E-state index contributed by atoms with van der Waals surface area (Å²) in [5, 5.41) is 8.90. The summed E-state index contributed by atoms with van der Waals surface area (Å²) < 4.78 is 43.6. The van der Waals surface area contributed by atoms with Crippen molar-refractivity contribution >= 4 is 34.7 Å².